The highest BCUT2D eigenvalue weighted by molar-refractivity contribution is 5.85. The van der Waals surface area contributed by atoms with Crippen molar-refractivity contribution >= 4 is 16.7 Å². The number of aryl methyl sites for hydroxylation is 1. The number of alkyl halides is 3. The Labute approximate surface area is 107 Å². The van der Waals surface area contributed by atoms with Crippen LogP contribution in [0.3, 0.4) is 0 Å². The summed E-state index contributed by atoms with van der Waals surface area (Å²) >= 11 is 0. The molecule has 0 saturated carbocycles. The van der Waals surface area contributed by atoms with Crippen molar-refractivity contribution in [2.24, 2.45) is 0 Å². The number of hydrogen-bond donors (Lipinski definition) is 1. The van der Waals surface area contributed by atoms with Crippen molar-refractivity contribution in [3.63, 3.8) is 0 Å². The lowest BCUT2D eigenvalue weighted by Crippen LogP contribution is -2.11. The predicted octanol–water partition coefficient (Wildman–Crippen LogP) is 3.55. The van der Waals surface area contributed by atoms with E-state index in [-0.39, 0.29) is 16.7 Å². The van der Waals surface area contributed by atoms with Gasteiger partial charge in [0.05, 0.1) is 11.3 Å². The minimum absolute atomic E-state index is 0.0868. The average molecular weight is 271 g/mol. The molecule has 102 valence electrons. The van der Waals surface area contributed by atoms with Gasteiger partial charge in [-0.1, -0.05) is 0 Å². The first-order valence-corrected chi connectivity index (χ1v) is 5.72. The van der Waals surface area contributed by atoms with E-state index in [2.05, 4.69) is 5.32 Å². The normalized spacial score (nSPS) is 11.8. The average Bonchev–Trinajstić information content (AvgIpc) is 2.26. The van der Waals surface area contributed by atoms with Crippen LogP contribution in [-0.4, -0.2) is 6.54 Å². The van der Waals surface area contributed by atoms with Crippen LogP contribution < -0.4 is 10.9 Å². The van der Waals surface area contributed by atoms with Gasteiger partial charge in [0.25, 0.3) is 0 Å². The van der Waals surface area contributed by atoms with E-state index >= 15 is 0 Å². The largest absolute Gasteiger partial charge is 0.423 e. The second-order valence-electron chi connectivity index (χ2n) is 4.17. The molecular weight excluding hydrogens is 259 g/mol. The van der Waals surface area contributed by atoms with Gasteiger partial charge in [0, 0.05) is 24.1 Å². The van der Waals surface area contributed by atoms with E-state index in [1.807, 2.05) is 0 Å². The first-order chi connectivity index (χ1) is 8.82. The summed E-state index contributed by atoms with van der Waals surface area (Å²) in [5.74, 6) is 0. The van der Waals surface area contributed by atoms with Gasteiger partial charge >= 0.3 is 11.8 Å². The Hall–Kier alpha value is -1.98. The van der Waals surface area contributed by atoms with E-state index in [0.717, 1.165) is 6.07 Å². The lowest BCUT2D eigenvalue weighted by molar-refractivity contribution is -0.136. The molecule has 2 rings (SSSR count). The van der Waals surface area contributed by atoms with Gasteiger partial charge in [-0.05, 0) is 25.5 Å². The number of anilines is 1. The molecule has 0 spiro atoms. The van der Waals surface area contributed by atoms with Crippen molar-refractivity contribution in [2.45, 2.75) is 20.0 Å². The topological polar surface area (TPSA) is 42.2 Å². The Morgan fingerprint density at radius 3 is 2.53 bits per heavy atom. The Morgan fingerprint density at radius 2 is 1.95 bits per heavy atom. The number of rotatable bonds is 2. The lowest BCUT2D eigenvalue weighted by atomic mass is 10.1. The second-order valence-corrected chi connectivity index (χ2v) is 4.17. The number of halogens is 3. The molecule has 1 aromatic carbocycles. The molecular formula is C13H12F3NO2. The number of nitrogens with one attached hydrogen (secondary N) is 1. The monoisotopic (exact) mass is 271 g/mol. The molecule has 0 saturated heterocycles. The number of fused-ring (bicyclic) bond motifs is 1. The van der Waals surface area contributed by atoms with E-state index in [0.29, 0.717) is 12.1 Å². The smallest absolute Gasteiger partial charge is 0.418 e. The highest BCUT2D eigenvalue weighted by Crippen LogP contribution is 2.37. The van der Waals surface area contributed by atoms with Crippen LogP contribution in [0.1, 0.15) is 18.1 Å². The number of hydrogen-bond acceptors (Lipinski definition) is 3. The molecule has 0 unspecified atom stereocenters. The first-order valence-electron chi connectivity index (χ1n) is 5.72. The van der Waals surface area contributed by atoms with E-state index in [9.17, 15) is 18.0 Å². The molecule has 3 nitrogen and oxygen atoms in total. The molecule has 0 amide bonds. The summed E-state index contributed by atoms with van der Waals surface area (Å²) in [7, 11) is 0. The van der Waals surface area contributed by atoms with Crippen LogP contribution >= 0.6 is 0 Å². The lowest BCUT2D eigenvalue weighted by Gasteiger charge is -2.15. The van der Waals surface area contributed by atoms with Crippen LogP contribution in [-0.2, 0) is 6.18 Å². The van der Waals surface area contributed by atoms with Crippen molar-refractivity contribution in [2.75, 3.05) is 11.9 Å². The quantitative estimate of drug-likeness (QED) is 0.849. The van der Waals surface area contributed by atoms with Gasteiger partial charge in [0.2, 0.25) is 0 Å². The van der Waals surface area contributed by atoms with Crippen LogP contribution in [0.4, 0.5) is 18.9 Å². The van der Waals surface area contributed by atoms with Gasteiger partial charge in [-0.25, -0.2) is 4.79 Å². The molecule has 0 aliphatic heterocycles. The van der Waals surface area contributed by atoms with E-state index < -0.39 is 17.4 Å². The fraction of sp³-hybridized carbons (Fsp3) is 0.308. The minimum Gasteiger partial charge on any atom is -0.423 e. The molecule has 0 aliphatic carbocycles. The van der Waals surface area contributed by atoms with Gasteiger partial charge in [-0.2, -0.15) is 13.2 Å². The third-order valence-electron chi connectivity index (χ3n) is 2.76. The summed E-state index contributed by atoms with van der Waals surface area (Å²) in [5.41, 5.74) is -0.823. The van der Waals surface area contributed by atoms with Crippen molar-refractivity contribution in [1.82, 2.24) is 0 Å². The zero-order chi connectivity index (χ0) is 14.2. The molecule has 0 fully saturated rings. The van der Waals surface area contributed by atoms with Crippen molar-refractivity contribution in [1.29, 1.82) is 0 Å². The van der Waals surface area contributed by atoms with Gasteiger partial charge < -0.3 is 9.73 Å². The molecule has 1 heterocycles. The first kappa shape index (κ1) is 13.5. The van der Waals surface area contributed by atoms with Crippen molar-refractivity contribution in [3.8, 4) is 0 Å². The maximum atomic E-state index is 13.0. The molecule has 1 N–H and O–H groups in total. The summed E-state index contributed by atoms with van der Waals surface area (Å²) in [6, 6.07) is 3.40. The highest BCUT2D eigenvalue weighted by Gasteiger charge is 2.34. The Kier molecular flexibility index (Phi) is 3.26. The van der Waals surface area contributed by atoms with Gasteiger partial charge in [0.1, 0.15) is 5.58 Å². The third-order valence-corrected chi connectivity index (χ3v) is 2.76. The minimum atomic E-state index is -4.46. The van der Waals surface area contributed by atoms with Crippen molar-refractivity contribution in [3.05, 3.63) is 39.7 Å². The Bertz CT molecular complexity index is 674. The summed E-state index contributed by atoms with van der Waals surface area (Å²) < 4.78 is 43.9. The standard InChI is InChI=1S/C13H12F3NO2/c1-3-17-10-6-11-8(5-9(10)13(14,15)16)7(2)4-12(18)19-11/h4-6,17H,3H2,1-2H3. The zero-order valence-corrected chi connectivity index (χ0v) is 10.4. The van der Waals surface area contributed by atoms with Crippen LogP contribution in [0.15, 0.2) is 27.4 Å². The molecule has 2 aromatic rings. The van der Waals surface area contributed by atoms with Gasteiger partial charge in [-0.3, -0.25) is 0 Å². The fourth-order valence-electron chi connectivity index (χ4n) is 1.94. The summed E-state index contributed by atoms with van der Waals surface area (Å²) in [6.07, 6.45) is -4.46. The Morgan fingerprint density at radius 1 is 1.26 bits per heavy atom. The summed E-state index contributed by atoms with van der Waals surface area (Å²) in [5, 5.41) is 2.92. The third kappa shape index (κ3) is 2.57. The van der Waals surface area contributed by atoms with Crippen LogP contribution in [0.25, 0.3) is 11.0 Å². The zero-order valence-electron chi connectivity index (χ0n) is 10.4. The summed E-state index contributed by atoms with van der Waals surface area (Å²) in [4.78, 5) is 11.2. The molecule has 0 radical (unpaired) electrons. The maximum absolute atomic E-state index is 13.0. The maximum Gasteiger partial charge on any atom is 0.418 e. The SMILES string of the molecule is CCNc1cc2oc(=O)cc(C)c2cc1C(F)(F)F. The molecule has 0 bridgehead atoms. The van der Waals surface area contributed by atoms with Crippen molar-refractivity contribution < 1.29 is 17.6 Å². The van der Waals surface area contributed by atoms with E-state index in [1.165, 1.54) is 12.1 Å². The molecule has 19 heavy (non-hydrogen) atoms. The van der Waals surface area contributed by atoms with E-state index in [4.69, 9.17) is 4.42 Å². The second kappa shape index (κ2) is 4.60. The van der Waals surface area contributed by atoms with Crippen LogP contribution in [0.5, 0.6) is 0 Å². The van der Waals surface area contributed by atoms with Gasteiger partial charge in [0.15, 0.2) is 0 Å². The summed E-state index contributed by atoms with van der Waals surface area (Å²) in [6.45, 7) is 3.60. The highest BCUT2D eigenvalue weighted by atomic mass is 19.4. The molecule has 1 aromatic heterocycles. The fourth-order valence-corrected chi connectivity index (χ4v) is 1.94. The predicted molar refractivity (Wildman–Crippen MR) is 66.4 cm³/mol. The molecule has 0 aliphatic rings. The van der Waals surface area contributed by atoms with E-state index in [1.54, 1.807) is 13.8 Å². The molecule has 0 atom stereocenters. The van der Waals surface area contributed by atoms with Crippen LogP contribution in [0.2, 0.25) is 0 Å². The van der Waals surface area contributed by atoms with Gasteiger partial charge in [-0.15, -0.1) is 0 Å². The Balaban J connectivity index is 2.80. The number of benzene rings is 1. The van der Waals surface area contributed by atoms with Crippen LogP contribution in [0, 0.1) is 6.92 Å². The molecule has 6 heteroatoms.